The van der Waals surface area contributed by atoms with Crippen LogP contribution in [0, 0.1) is 5.41 Å². The average Bonchev–Trinajstić information content (AvgIpc) is 2.94. The SMILES string of the molecule is COc1ccsc1C(=O)NCC1(CBr)CC1. The summed E-state index contributed by atoms with van der Waals surface area (Å²) < 4.78 is 5.12. The first-order valence-electron chi connectivity index (χ1n) is 5.16. The zero-order chi connectivity index (χ0) is 11.6. The Labute approximate surface area is 107 Å². The van der Waals surface area contributed by atoms with E-state index in [-0.39, 0.29) is 5.91 Å². The van der Waals surface area contributed by atoms with Gasteiger partial charge in [0.05, 0.1) is 7.11 Å². The molecule has 0 aliphatic heterocycles. The van der Waals surface area contributed by atoms with E-state index >= 15 is 0 Å². The first kappa shape index (κ1) is 11.9. The van der Waals surface area contributed by atoms with Crippen molar-refractivity contribution in [1.29, 1.82) is 0 Å². The average molecular weight is 304 g/mol. The number of amides is 1. The molecular formula is C11H14BrNO2S. The van der Waals surface area contributed by atoms with Crippen molar-refractivity contribution in [3.05, 3.63) is 16.3 Å². The molecule has 0 saturated heterocycles. The molecule has 1 amide bonds. The smallest absolute Gasteiger partial charge is 0.265 e. The first-order chi connectivity index (χ1) is 7.71. The number of methoxy groups -OCH3 is 1. The van der Waals surface area contributed by atoms with Gasteiger partial charge in [-0.2, -0.15) is 0 Å². The van der Waals surface area contributed by atoms with Crippen LogP contribution in [0.15, 0.2) is 11.4 Å². The zero-order valence-electron chi connectivity index (χ0n) is 9.09. The number of ether oxygens (including phenoxy) is 1. The maximum absolute atomic E-state index is 11.9. The lowest BCUT2D eigenvalue weighted by Crippen LogP contribution is -2.30. The van der Waals surface area contributed by atoms with E-state index in [4.69, 9.17) is 4.74 Å². The van der Waals surface area contributed by atoms with Gasteiger partial charge in [-0.1, -0.05) is 15.9 Å². The van der Waals surface area contributed by atoms with Crippen molar-refractivity contribution in [3.63, 3.8) is 0 Å². The van der Waals surface area contributed by atoms with Crippen LogP contribution in [0.1, 0.15) is 22.5 Å². The third-order valence-electron chi connectivity index (χ3n) is 2.92. The van der Waals surface area contributed by atoms with Crippen molar-refractivity contribution in [2.45, 2.75) is 12.8 Å². The highest BCUT2D eigenvalue weighted by Crippen LogP contribution is 2.46. The molecule has 2 rings (SSSR count). The van der Waals surface area contributed by atoms with Crippen molar-refractivity contribution < 1.29 is 9.53 Å². The van der Waals surface area contributed by atoms with Gasteiger partial charge < -0.3 is 10.1 Å². The van der Waals surface area contributed by atoms with E-state index in [1.807, 2.05) is 11.4 Å². The monoisotopic (exact) mass is 303 g/mol. The summed E-state index contributed by atoms with van der Waals surface area (Å²) >= 11 is 4.90. The van der Waals surface area contributed by atoms with Gasteiger partial charge in [0, 0.05) is 11.9 Å². The van der Waals surface area contributed by atoms with Crippen LogP contribution in [-0.4, -0.2) is 24.9 Å². The Hall–Kier alpha value is -0.550. The van der Waals surface area contributed by atoms with Crippen LogP contribution >= 0.6 is 27.3 Å². The molecule has 16 heavy (non-hydrogen) atoms. The molecule has 0 unspecified atom stereocenters. The molecule has 1 saturated carbocycles. The van der Waals surface area contributed by atoms with Crippen LogP contribution in [-0.2, 0) is 0 Å². The maximum atomic E-state index is 11.9. The summed E-state index contributed by atoms with van der Waals surface area (Å²) in [6.45, 7) is 0.748. The topological polar surface area (TPSA) is 38.3 Å². The molecule has 1 fully saturated rings. The van der Waals surface area contributed by atoms with E-state index < -0.39 is 0 Å². The highest BCUT2D eigenvalue weighted by atomic mass is 79.9. The molecule has 0 aromatic carbocycles. The van der Waals surface area contributed by atoms with E-state index in [2.05, 4.69) is 21.2 Å². The van der Waals surface area contributed by atoms with Crippen molar-refractivity contribution >= 4 is 33.2 Å². The second-order valence-electron chi connectivity index (χ2n) is 4.13. The first-order valence-corrected chi connectivity index (χ1v) is 7.16. The summed E-state index contributed by atoms with van der Waals surface area (Å²) in [4.78, 5) is 12.5. The predicted octanol–water partition coefficient (Wildman–Crippen LogP) is 2.66. The molecule has 88 valence electrons. The molecule has 1 N–H and O–H groups in total. The Morgan fingerprint density at radius 3 is 3.00 bits per heavy atom. The summed E-state index contributed by atoms with van der Waals surface area (Å²) in [6.07, 6.45) is 2.39. The number of carbonyl (C=O) groups excluding carboxylic acids is 1. The summed E-state index contributed by atoms with van der Waals surface area (Å²) in [5.41, 5.74) is 0.306. The highest BCUT2D eigenvalue weighted by Gasteiger charge is 2.41. The Bertz CT molecular complexity index is 387. The second kappa shape index (κ2) is 4.75. The number of nitrogens with one attached hydrogen (secondary N) is 1. The number of alkyl halides is 1. The standard InChI is InChI=1S/C11H14BrNO2S/c1-15-8-2-5-16-9(8)10(14)13-7-11(6-12)3-4-11/h2,5H,3-4,6-7H2,1H3,(H,13,14). The Morgan fingerprint density at radius 2 is 2.44 bits per heavy atom. The lowest BCUT2D eigenvalue weighted by molar-refractivity contribution is 0.0948. The summed E-state index contributed by atoms with van der Waals surface area (Å²) in [7, 11) is 1.58. The van der Waals surface area contributed by atoms with E-state index in [9.17, 15) is 4.79 Å². The third kappa shape index (κ3) is 2.40. The van der Waals surface area contributed by atoms with E-state index in [1.54, 1.807) is 7.11 Å². The van der Waals surface area contributed by atoms with Gasteiger partial charge in [-0.15, -0.1) is 11.3 Å². The van der Waals surface area contributed by atoms with Crippen LogP contribution in [0.5, 0.6) is 5.75 Å². The van der Waals surface area contributed by atoms with Gasteiger partial charge >= 0.3 is 0 Å². The number of hydrogen-bond acceptors (Lipinski definition) is 3. The van der Waals surface area contributed by atoms with Crippen LogP contribution in [0.25, 0.3) is 0 Å². The molecule has 0 spiro atoms. The number of halogens is 1. The molecule has 1 heterocycles. The molecule has 1 aliphatic carbocycles. The van der Waals surface area contributed by atoms with Gasteiger partial charge in [0.25, 0.3) is 5.91 Å². The van der Waals surface area contributed by atoms with Gasteiger partial charge in [-0.3, -0.25) is 4.79 Å². The normalized spacial score (nSPS) is 16.9. The molecule has 1 aromatic rings. The van der Waals surface area contributed by atoms with Crippen LogP contribution < -0.4 is 10.1 Å². The molecule has 0 atom stereocenters. The Kier molecular flexibility index (Phi) is 3.54. The summed E-state index contributed by atoms with van der Waals surface area (Å²) in [5.74, 6) is 0.630. The molecule has 0 bridgehead atoms. The molecule has 1 aliphatic rings. The van der Waals surface area contributed by atoms with E-state index in [0.29, 0.717) is 16.0 Å². The minimum Gasteiger partial charge on any atom is -0.495 e. The van der Waals surface area contributed by atoms with Crippen LogP contribution in [0.3, 0.4) is 0 Å². The van der Waals surface area contributed by atoms with Gasteiger partial charge in [0.1, 0.15) is 10.6 Å². The fourth-order valence-electron chi connectivity index (χ4n) is 1.51. The van der Waals surface area contributed by atoms with Crippen molar-refractivity contribution in [2.75, 3.05) is 19.0 Å². The van der Waals surface area contributed by atoms with E-state index in [0.717, 1.165) is 11.9 Å². The minimum absolute atomic E-state index is 0.0286. The summed E-state index contributed by atoms with van der Waals surface area (Å²) in [5, 5.41) is 5.80. The Balaban J connectivity index is 1.93. The van der Waals surface area contributed by atoms with Crippen molar-refractivity contribution in [3.8, 4) is 5.75 Å². The number of thiophene rings is 1. The fraction of sp³-hybridized carbons (Fsp3) is 0.545. The predicted molar refractivity (Wildman–Crippen MR) is 68.7 cm³/mol. The second-order valence-corrected chi connectivity index (χ2v) is 5.61. The maximum Gasteiger partial charge on any atom is 0.265 e. The highest BCUT2D eigenvalue weighted by molar-refractivity contribution is 9.09. The van der Waals surface area contributed by atoms with Gasteiger partial charge in [0.15, 0.2) is 0 Å². The van der Waals surface area contributed by atoms with Crippen LogP contribution in [0.2, 0.25) is 0 Å². The molecule has 5 heteroatoms. The number of carbonyl (C=O) groups is 1. The van der Waals surface area contributed by atoms with Gasteiger partial charge in [-0.05, 0) is 29.7 Å². The largest absolute Gasteiger partial charge is 0.495 e. The number of rotatable bonds is 5. The Morgan fingerprint density at radius 1 is 1.69 bits per heavy atom. The fourth-order valence-corrected chi connectivity index (χ4v) is 3.04. The quantitative estimate of drug-likeness (QED) is 0.849. The molecule has 0 radical (unpaired) electrons. The zero-order valence-corrected chi connectivity index (χ0v) is 11.5. The van der Waals surface area contributed by atoms with Crippen molar-refractivity contribution in [1.82, 2.24) is 5.32 Å². The molecule has 3 nitrogen and oxygen atoms in total. The van der Waals surface area contributed by atoms with Gasteiger partial charge in [-0.25, -0.2) is 0 Å². The third-order valence-corrected chi connectivity index (χ3v) is 5.00. The lowest BCUT2D eigenvalue weighted by Gasteiger charge is -2.12. The molecule has 1 aromatic heterocycles. The summed E-state index contributed by atoms with van der Waals surface area (Å²) in [6, 6.07) is 1.82. The molecular weight excluding hydrogens is 290 g/mol. The van der Waals surface area contributed by atoms with Gasteiger partial charge in [0.2, 0.25) is 0 Å². The number of hydrogen-bond donors (Lipinski definition) is 1. The minimum atomic E-state index is -0.0286. The lowest BCUT2D eigenvalue weighted by atomic mass is 10.1. The van der Waals surface area contributed by atoms with Crippen LogP contribution in [0.4, 0.5) is 0 Å². The van der Waals surface area contributed by atoms with E-state index in [1.165, 1.54) is 24.2 Å². The van der Waals surface area contributed by atoms with Crippen molar-refractivity contribution in [2.24, 2.45) is 5.41 Å².